The molecule has 3 N–H and O–H groups in total. The molecule has 1 fully saturated rings. The summed E-state index contributed by atoms with van der Waals surface area (Å²) in [4.78, 5) is 11.5. The monoisotopic (exact) mass is 180 g/mol. The second-order valence-electron chi connectivity index (χ2n) is 3.31. The van der Waals surface area contributed by atoms with Crippen molar-refractivity contribution >= 4 is 11.7 Å². The van der Waals surface area contributed by atoms with Crippen LogP contribution in [0.5, 0.6) is 0 Å². The zero-order valence-corrected chi connectivity index (χ0v) is 7.45. The first-order valence-corrected chi connectivity index (χ1v) is 4.27. The average molecular weight is 180 g/mol. The SMILES string of the molecule is Cn1ncc(C(=O)NC2CC2)c1N. The van der Waals surface area contributed by atoms with Crippen molar-refractivity contribution in [3.05, 3.63) is 11.8 Å². The van der Waals surface area contributed by atoms with Crippen LogP contribution in [0.2, 0.25) is 0 Å². The Hall–Kier alpha value is -1.52. The van der Waals surface area contributed by atoms with Crippen LogP contribution < -0.4 is 11.1 Å². The Morgan fingerprint density at radius 3 is 2.92 bits per heavy atom. The summed E-state index contributed by atoms with van der Waals surface area (Å²) >= 11 is 0. The molecule has 5 heteroatoms. The number of amides is 1. The van der Waals surface area contributed by atoms with Crippen LogP contribution in [-0.4, -0.2) is 21.7 Å². The lowest BCUT2D eigenvalue weighted by Gasteiger charge is -2.01. The van der Waals surface area contributed by atoms with E-state index in [1.165, 1.54) is 10.9 Å². The zero-order valence-electron chi connectivity index (χ0n) is 7.45. The van der Waals surface area contributed by atoms with Gasteiger partial charge in [0.15, 0.2) is 0 Å². The molecule has 1 aromatic heterocycles. The minimum atomic E-state index is -0.117. The average Bonchev–Trinajstić information content (AvgIpc) is 2.82. The highest BCUT2D eigenvalue weighted by Crippen LogP contribution is 2.20. The molecule has 0 unspecified atom stereocenters. The molecule has 0 bridgehead atoms. The van der Waals surface area contributed by atoms with E-state index in [1.807, 2.05) is 0 Å². The number of nitrogens with zero attached hydrogens (tertiary/aromatic N) is 2. The van der Waals surface area contributed by atoms with Crippen molar-refractivity contribution in [3.63, 3.8) is 0 Å². The van der Waals surface area contributed by atoms with Gasteiger partial charge in [-0.2, -0.15) is 5.10 Å². The van der Waals surface area contributed by atoms with E-state index >= 15 is 0 Å². The zero-order chi connectivity index (χ0) is 9.42. The maximum Gasteiger partial charge on any atom is 0.256 e. The minimum Gasteiger partial charge on any atom is -0.383 e. The molecule has 0 aliphatic heterocycles. The van der Waals surface area contributed by atoms with Crippen molar-refractivity contribution < 1.29 is 4.79 Å². The van der Waals surface area contributed by atoms with Crippen molar-refractivity contribution in [3.8, 4) is 0 Å². The van der Waals surface area contributed by atoms with Crippen molar-refractivity contribution in [2.45, 2.75) is 18.9 Å². The molecule has 1 saturated carbocycles. The van der Waals surface area contributed by atoms with E-state index in [0.717, 1.165) is 12.8 Å². The number of nitrogen functional groups attached to an aromatic ring is 1. The van der Waals surface area contributed by atoms with Gasteiger partial charge in [0.25, 0.3) is 5.91 Å². The number of aromatic nitrogens is 2. The fourth-order valence-electron chi connectivity index (χ4n) is 1.11. The second kappa shape index (κ2) is 2.76. The molecule has 5 nitrogen and oxygen atoms in total. The first kappa shape index (κ1) is 8.10. The maximum absolute atomic E-state index is 11.5. The van der Waals surface area contributed by atoms with Crippen LogP contribution >= 0.6 is 0 Å². The highest BCUT2D eigenvalue weighted by Gasteiger charge is 2.25. The predicted molar refractivity (Wildman–Crippen MR) is 48.1 cm³/mol. The number of carbonyl (C=O) groups excluding carboxylic acids is 1. The summed E-state index contributed by atoms with van der Waals surface area (Å²) in [7, 11) is 1.71. The van der Waals surface area contributed by atoms with Gasteiger partial charge < -0.3 is 11.1 Å². The van der Waals surface area contributed by atoms with E-state index in [-0.39, 0.29) is 5.91 Å². The summed E-state index contributed by atoms with van der Waals surface area (Å²) < 4.78 is 1.49. The van der Waals surface area contributed by atoms with Crippen LogP contribution in [0, 0.1) is 0 Å². The maximum atomic E-state index is 11.5. The topological polar surface area (TPSA) is 72.9 Å². The normalized spacial score (nSPS) is 15.8. The third-order valence-corrected chi connectivity index (χ3v) is 2.14. The third kappa shape index (κ3) is 1.49. The van der Waals surface area contributed by atoms with E-state index in [1.54, 1.807) is 7.05 Å². The number of nitrogens with one attached hydrogen (secondary N) is 1. The van der Waals surface area contributed by atoms with Gasteiger partial charge >= 0.3 is 0 Å². The summed E-state index contributed by atoms with van der Waals surface area (Å²) in [5, 5.41) is 6.75. The van der Waals surface area contributed by atoms with Crippen LogP contribution in [0.15, 0.2) is 6.20 Å². The van der Waals surface area contributed by atoms with Gasteiger partial charge in [-0.05, 0) is 12.8 Å². The Bertz CT molecular complexity index is 340. The van der Waals surface area contributed by atoms with Gasteiger partial charge in [0.1, 0.15) is 11.4 Å². The number of rotatable bonds is 2. The predicted octanol–water partition coefficient (Wildman–Crippen LogP) is -0.106. The molecular weight excluding hydrogens is 168 g/mol. The smallest absolute Gasteiger partial charge is 0.256 e. The molecular formula is C8H12N4O. The van der Waals surface area contributed by atoms with Crippen LogP contribution in [0.3, 0.4) is 0 Å². The number of hydrogen-bond donors (Lipinski definition) is 2. The van der Waals surface area contributed by atoms with Crippen LogP contribution in [-0.2, 0) is 7.05 Å². The number of hydrogen-bond acceptors (Lipinski definition) is 3. The van der Waals surface area contributed by atoms with E-state index in [0.29, 0.717) is 17.4 Å². The van der Waals surface area contributed by atoms with E-state index in [2.05, 4.69) is 10.4 Å². The lowest BCUT2D eigenvalue weighted by Crippen LogP contribution is -2.25. The van der Waals surface area contributed by atoms with Gasteiger partial charge in [-0.1, -0.05) is 0 Å². The summed E-state index contributed by atoms with van der Waals surface area (Å²) in [6, 6.07) is 0.354. The molecule has 1 amide bonds. The van der Waals surface area contributed by atoms with Crippen LogP contribution in [0.1, 0.15) is 23.2 Å². The second-order valence-corrected chi connectivity index (χ2v) is 3.31. The largest absolute Gasteiger partial charge is 0.383 e. The Morgan fingerprint density at radius 2 is 2.46 bits per heavy atom. The van der Waals surface area contributed by atoms with Crippen LogP contribution in [0.4, 0.5) is 5.82 Å². The fraction of sp³-hybridized carbons (Fsp3) is 0.500. The number of aryl methyl sites for hydroxylation is 1. The molecule has 0 atom stereocenters. The Morgan fingerprint density at radius 1 is 1.77 bits per heavy atom. The molecule has 1 aliphatic carbocycles. The first-order chi connectivity index (χ1) is 6.18. The quantitative estimate of drug-likeness (QED) is 0.667. The molecule has 1 aromatic rings. The summed E-state index contributed by atoms with van der Waals surface area (Å²) in [6.45, 7) is 0. The van der Waals surface area contributed by atoms with E-state index in [4.69, 9.17) is 5.73 Å². The molecule has 2 rings (SSSR count). The van der Waals surface area contributed by atoms with Gasteiger partial charge in [-0.3, -0.25) is 9.48 Å². The number of nitrogens with two attached hydrogens (primary N) is 1. The third-order valence-electron chi connectivity index (χ3n) is 2.14. The Balaban J connectivity index is 2.14. The summed E-state index contributed by atoms with van der Waals surface area (Å²) in [5.74, 6) is 0.297. The van der Waals surface area contributed by atoms with Crippen molar-refractivity contribution in [2.24, 2.45) is 7.05 Å². The first-order valence-electron chi connectivity index (χ1n) is 4.27. The highest BCUT2D eigenvalue weighted by molar-refractivity contribution is 5.98. The molecule has 0 saturated heterocycles. The van der Waals surface area contributed by atoms with Gasteiger partial charge in [-0.25, -0.2) is 0 Å². The number of carbonyl (C=O) groups is 1. The van der Waals surface area contributed by atoms with Crippen molar-refractivity contribution in [2.75, 3.05) is 5.73 Å². The molecule has 0 radical (unpaired) electrons. The number of anilines is 1. The molecule has 1 aliphatic rings. The minimum absolute atomic E-state index is 0.117. The van der Waals surface area contributed by atoms with Gasteiger partial charge in [0.2, 0.25) is 0 Å². The summed E-state index contributed by atoms with van der Waals surface area (Å²) in [5.41, 5.74) is 6.11. The van der Waals surface area contributed by atoms with Gasteiger partial charge in [0.05, 0.1) is 6.20 Å². The molecule has 0 spiro atoms. The molecule has 1 heterocycles. The van der Waals surface area contributed by atoms with E-state index < -0.39 is 0 Å². The lowest BCUT2D eigenvalue weighted by molar-refractivity contribution is 0.0952. The lowest BCUT2D eigenvalue weighted by atomic mass is 10.3. The van der Waals surface area contributed by atoms with Crippen molar-refractivity contribution in [1.82, 2.24) is 15.1 Å². The highest BCUT2D eigenvalue weighted by atomic mass is 16.1. The Kier molecular flexibility index (Phi) is 1.72. The Labute approximate surface area is 75.9 Å². The molecule has 0 aromatic carbocycles. The van der Waals surface area contributed by atoms with Crippen LogP contribution in [0.25, 0.3) is 0 Å². The molecule has 70 valence electrons. The molecule has 13 heavy (non-hydrogen) atoms. The summed E-state index contributed by atoms with van der Waals surface area (Å²) in [6.07, 6.45) is 3.64. The van der Waals surface area contributed by atoms with Gasteiger partial charge in [-0.15, -0.1) is 0 Å². The van der Waals surface area contributed by atoms with Crippen molar-refractivity contribution in [1.29, 1.82) is 0 Å². The fourth-order valence-corrected chi connectivity index (χ4v) is 1.11. The van der Waals surface area contributed by atoms with E-state index in [9.17, 15) is 4.79 Å². The van der Waals surface area contributed by atoms with Gasteiger partial charge in [0, 0.05) is 13.1 Å². The standard InChI is InChI=1S/C8H12N4O/c1-12-7(9)6(4-10-12)8(13)11-5-2-3-5/h4-5H,2-3,9H2,1H3,(H,11,13).